The van der Waals surface area contributed by atoms with Crippen molar-refractivity contribution in [2.24, 2.45) is 7.05 Å². The van der Waals surface area contributed by atoms with Crippen LogP contribution in [0.25, 0.3) is 0 Å². The molecule has 0 spiro atoms. The molecule has 0 saturated carbocycles. The summed E-state index contributed by atoms with van der Waals surface area (Å²) in [5.41, 5.74) is 0.611. The van der Waals surface area contributed by atoms with Crippen LogP contribution in [0.15, 0.2) is 22.9 Å². The summed E-state index contributed by atoms with van der Waals surface area (Å²) in [4.78, 5) is 13.9. The molecule has 5 heteroatoms. The van der Waals surface area contributed by atoms with E-state index in [1.54, 1.807) is 17.9 Å². The highest BCUT2D eigenvalue weighted by Gasteiger charge is 2.17. The standard InChI is InChI=1S/C10H9BrN2OS/c1-6-3-4-8(15-6)9(14)7-5-12-13(2)10(7)11/h3-5H,1-2H3. The molecule has 2 heterocycles. The van der Waals surface area contributed by atoms with Crippen molar-refractivity contribution < 1.29 is 4.79 Å². The molecule has 0 aliphatic rings. The van der Waals surface area contributed by atoms with E-state index in [-0.39, 0.29) is 5.78 Å². The van der Waals surface area contributed by atoms with Gasteiger partial charge in [-0.2, -0.15) is 5.10 Å². The lowest BCUT2D eigenvalue weighted by Crippen LogP contribution is -1.98. The highest BCUT2D eigenvalue weighted by atomic mass is 79.9. The zero-order valence-electron chi connectivity index (χ0n) is 8.32. The van der Waals surface area contributed by atoms with Gasteiger partial charge in [-0.3, -0.25) is 9.48 Å². The van der Waals surface area contributed by atoms with Crippen molar-refractivity contribution in [3.05, 3.63) is 38.3 Å². The van der Waals surface area contributed by atoms with Gasteiger partial charge in [-0.25, -0.2) is 0 Å². The number of hydrogen-bond acceptors (Lipinski definition) is 3. The minimum Gasteiger partial charge on any atom is -0.288 e. The molecule has 2 aromatic rings. The van der Waals surface area contributed by atoms with Gasteiger partial charge in [-0.15, -0.1) is 11.3 Å². The van der Waals surface area contributed by atoms with E-state index in [9.17, 15) is 4.79 Å². The third-order valence-corrected chi connectivity index (χ3v) is 4.02. The second-order valence-electron chi connectivity index (χ2n) is 3.21. The molecule has 2 aromatic heterocycles. The van der Waals surface area contributed by atoms with Crippen molar-refractivity contribution in [1.29, 1.82) is 0 Å². The Balaban J connectivity index is 2.41. The van der Waals surface area contributed by atoms with Crippen molar-refractivity contribution in [1.82, 2.24) is 9.78 Å². The summed E-state index contributed by atoms with van der Waals surface area (Å²) in [7, 11) is 1.79. The van der Waals surface area contributed by atoms with Crippen LogP contribution in [0.4, 0.5) is 0 Å². The van der Waals surface area contributed by atoms with Crippen molar-refractivity contribution in [2.75, 3.05) is 0 Å². The summed E-state index contributed by atoms with van der Waals surface area (Å²) in [6.45, 7) is 1.99. The molecule has 0 bridgehead atoms. The molecular weight excluding hydrogens is 276 g/mol. The zero-order valence-corrected chi connectivity index (χ0v) is 10.7. The first-order valence-corrected chi connectivity index (χ1v) is 5.99. The summed E-state index contributed by atoms with van der Waals surface area (Å²) in [5.74, 6) is 0.0214. The molecule has 0 aromatic carbocycles. The molecule has 0 atom stereocenters. The van der Waals surface area contributed by atoms with E-state index in [2.05, 4.69) is 21.0 Å². The van der Waals surface area contributed by atoms with Crippen LogP contribution in [0.5, 0.6) is 0 Å². The third-order valence-electron chi connectivity index (χ3n) is 2.08. The molecule has 78 valence electrons. The van der Waals surface area contributed by atoms with Gasteiger partial charge in [-0.05, 0) is 35.0 Å². The fourth-order valence-corrected chi connectivity index (χ4v) is 2.46. The number of aryl methyl sites for hydroxylation is 2. The van der Waals surface area contributed by atoms with Gasteiger partial charge in [0.25, 0.3) is 0 Å². The molecule has 0 aliphatic heterocycles. The zero-order chi connectivity index (χ0) is 11.0. The number of rotatable bonds is 2. The Morgan fingerprint density at radius 3 is 2.73 bits per heavy atom. The molecule has 0 saturated heterocycles. The predicted molar refractivity (Wildman–Crippen MR) is 63.4 cm³/mol. The number of carbonyl (C=O) groups excluding carboxylic acids is 1. The van der Waals surface area contributed by atoms with Crippen molar-refractivity contribution in [3.8, 4) is 0 Å². The van der Waals surface area contributed by atoms with Gasteiger partial charge >= 0.3 is 0 Å². The summed E-state index contributed by atoms with van der Waals surface area (Å²) in [6.07, 6.45) is 1.58. The monoisotopic (exact) mass is 284 g/mol. The summed E-state index contributed by atoms with van der Waals surface area (Å²) < 4.78 is 2.35. The van der Waals surface area contributed by atoms with E-state index in [1.807, 2.05) is 19.1 Å². The SMILES string of the molecule is Cc1ccc(C(=O)c2cnn(C)c2Br)s1. The van der Waals surface area contributed by atoms with Crippen molar-refractivity contribution >= 4 is 33.0 Å². The fraction of sp³-hybridized carbons (Fsp3) is 0.200. The van der Waals surface area contributed by atoms with Crippen molar-refractivity contribution in [2.45, 2.75) is 6.92 Å². The van der Waals surface area contributed by atoms with Crippen molar-refractivity contribution in [3.63, 3.8) is 0 Å². The Morgan fingerprint density at radius 2 is 2.27 bits per heavy atom. The highest BCUT2D eigenvalue weighted by molar-refractivity contribution is 9.10. The van der Waals surface area contributed by atoms with Crippen LogP contribution in [-0.4, -0.2) is 15.6 Å². The lowest BCUT2D eigenvalue weighted by Gasteiger charge is -1.95. The molecule has 2 rings (SSSR count). The molecule has 0 radical (unpaired) electrons. The minimum atomic E-state index is 0.0214. The van der Waals surface area contributed by atoms with Gasteiger partial charge in [0.1, 0.15) is 4.60 Å². The first kappa shape index (κ1) is 10.6. The maximum atomic E-state index is 12.0. The van der Waals surface area contributed by atoms with E-state index < -0.39 is 0 Å². The molecule has 0 N–H and O–H groups in total. The van der Waals surface area contributed by atoms with Gasteiger partial charge in [0.2, 0.25) is 5.78 Å². The number of hydrogen-bond donors (Lipinski definition) is 0. The van der Waals surface area contributed by atoms with Crippen LogP contribution < -0.4 is 0 Å². The summed E-state index contributed by atoms with van der Waals surface area (Å²) in [6, 6.07) is 3.80. The number of halogens is 1. The van der Waals surface area contributed by atoms with Crippen LogP contribution in [-0.2, 0) is 7.05 Å². The molecule has 0 aliphatic carbocycles. The van der Waals surface area contributed by atoms with Gasteiger partial charge in [-0.1, -0.05) is 0 Å². The highest BCUT2D eigenvalue weighted by Crippen LogP contribution is 2.23. The van der Waals surface area contributed by atoms with Gasteiger partial charge in [0.15, 0.2) is 0 Å². The van der Waals surface area contributed by atoms with E-state index in [1.165, 1.54) is 11.3 Å². The van der Waals surface area contributed by atoms with Gasteiger partial charge in [0.05, 0.1) is 16.6 Å². The fourth-order valence-electron chi connectivity index (χ4n) is 1.26. The normalized spacial score (nSPS) is 10.6. The Hall–Kier alpha value is -0.940. The summed E-state index contributed by atoms with van der Waals surface area (Å²) >= 11 is 4.84. The minimum absolute atomic E-state index is 0.0214. The lowest BCUT2D eigenvalue weighted by atomic mass is 10.2. The number of ketones is 1. The average molecular weight is 285 g/mol. The molecule has 3 nitrogen and oxygen atoms in total. The maximum absolute atomic E-state index is 12.0. The Kier molecular flexibility index (Phi) is 2.75. The van der Waals surface area contributed by atoms with Crippen LogP contribution in [0.3, 0.4) is 0 Å². The Bertz CT molecular complexity index is 515. The van der Waals surface area contributed by atoms with E-state index >= 15 is 0 Å². The second kappa shape index (κ2) is 3.90. The van der Waals surface area contributed by atoms with Crippen LogP contribution >= 0.6 is 27.3 Å². The molecule has 0 amide bonds. The second-order valence-corrected chi connectivity index (χ2v) is 5.25. The maximum Gasteiger partial charge on any atom is 0.207 e. The first-order chi connectivity index (χ1) is 7.09. The molecule has 0 unspecified atom stereocenters. The van der Waals surface area contributed by atoms with E-state index in [0.29, 0.717) is 5.56 Å². The number of aromatic nitrogens is 2. The Labute approximate surface area is 99.9 Å². The molecular formula is C10H9BrN2OS. The van der Waals surface area contributed by atoms with E-state index in [4.69, 9.17) is 0 Å². The van der Waals surface area contributed by atoms with Gasteiger partial charge in [0, 0.05) is 11.9 Å². The largest absolute Gasteiger partial charge is 0.288 e. The molecule has 15 heavy (non-hydrogen) atoms. The molecule has 0 fully saturated rings. The van der Waals surface area contributed by atoms with Crippen LogP contribution in [0.1, 0.15) is 20.1 Å². The van der Waals surface area contributed by atoms with Gasteiger partial charge < -0.3 is 0 Å². The number of nitrogens with zero attached hydrogens (tertiary/aromatic N) is 2. The topological polar surface area (TPSA) is 34.9 Å². The quantitative estimate of drug-likeness (QED) is 0.795. The average Bonchev–Trinajstić information content (AvgIpc) is 2.75. The lowest BCUT2D eigenvalue weighted by molar-refractivity contribution is 0.104. The number of thiophene rings is 1. The van der Waals surface area contributed by atoms with Crippen LogP contribution in [0.2, 0.25) is 0 Å². The predicted octanol–water partition coefficient (Wildman–Crippen LogP) is 2.78. The van der Waals surface area contributed by atoms with E-state index in [0.717, 1.165) is 14.4 Å². The smallest absolute Gasteiger partial charge is 0.207 e. The van der Waals surface area contributed by atoms with Crippen LogP contribution in [0, 0.1) is 6.92 Å². The Morgan fingerprint density at radius 1 is 1.53 bits per heavy atom. The number of carbonyl (C=O) groups is 1. The first-order valence-electron chi connectivity index (χ1n) is 4.38. The summed E-state index contributed by atoms with van der Waals surface area (Å²) in [5, 5.41) is 4.02. The third kappa shape index (κ3) is 1.89.